The largest absolute Gasteiger partial charge is 0.388 e. The molecule has 0 radical (unpaired) electrons. The summed E-state index contributed by atoms with van der Waals surface area (Å²) in [6.07, 6.45) is 0. The number of Topliss-reactive ketones (excluding diaryl/α,β-unsaturated/α-hetero) is 1. The lowest BCUT2D eigenvalue weighted by Gasteiger charge is -1.90. The number of quaternary nitrogens is 1. The Morgan fingerprint density at radius 3 is 2.75 bits per heavy atom. The van der Waals surface area contributed by atoms with Crippen LogP contribution in [-0.4, -0.2) is 11.7 Å². The van der Waals surface area contributed by atoms with Crippen molar-refractivity contribution in [1.82, 2.24) is 0 Å². The van der Waals surface area contributed by atoms with Gasteiger partial charge in [0.25, 0.3) is 5.78 Å². The van der Waals surface area contributed by atoms with E-state index in [4.69, 9.17) is 11.6 Å². The normalized spacial score (nSPS) is 15.1. The summed E-state index contributed by atoms with van der Waals surface area (Å²) >= 11 is 5.66. The minimum absolute atomic E-state index is 0.410. The number of benzene rings is 1. The second kappa shape index (κ2) is 2.40. The molecule has 12 heavy (non-hydrogen) atoms. The van der Waals surface area contributed by atoms with Gasteiger partial charge in [-0.3, -0.25) is 4.79 Å². The first kappa shape index (κ1) is 7.46. The Bertz CT molecular complexity index is 387. The van der Waals surface area contributed by atoms with Crippen molar-refractivity contribution in [2.45, 2.75) is 0 Å². The van der Waals surface area contributed by atoms with Gasteiger partial charge in [0.15, 0.2) is 0 Å². The molecule has 1 aromatic rings. The Morgan fingerprint density at radius 1 is 1.25 bits per heavy atom. The van der Waals surface area contributed by atoms with E-state index in [2.05, 4.69) is 0 Å². The van der Waals surface area contributed by atoms with Crippen LogP contribution in [0.4, 0.5) is 5.69 Å². The van der Waals surface area contributed by atoms with E-state index in [-0.39, 0.29) is 0 Å². The number of nitrogens with two attached hydrogens (primary N) is 1. The van der Waals surface area contributed by atoms with Gasteiger partial charge < -0.3 is 0 Å². The highest BCUT2D eigenvalue weighted by atomic mass is 35.5. The number of fused-ring (bicyclic) bond motifs is 1. The molecule has 1 aliphatic rings. The van der Waals surface area contributed by atoms with E-state index in [1.807, 2.05) is 0 Å². The summed E-state index contributed by atoms with van der Waals surface area (Å²) in [5.74, 6) is -0.931. The fourth-order valence-corrected chi connectivity index (χ4v) is 1.36. The standard InChI is InChI=1S/C8H4ClNO2/c9-4-1-2-6-5(3-4)7(11)8(12)10-6/h1-3H,(H,10,11,12)/p+1. The smallest absolute Gasteiger partial charge is 0.278 e. The highest BCUT2D eigenvalue weighted by molar-refractivity contribution is 6.43. The summed E-state index contributed by atoms with van der Waals surface area (Å²) < 4.78 is 0. The van der Waals surface area contributed by atoms with Gasteiger partial charge in [0, 0.05) is 11.1 Å². The van der Waals surface area contributed by atoms with Gasteiger partial charge in [0.1, 0.15) is 5.69 Å². The first-order valence-electron chi connectivity index (χ1n) is 3.41. The zero-order valence-corrected chi connectivity index (χ0v) is 6.76. The lowest BCUT2D eigenvalue weighted by atomic mass is 10.1. The van der Waals surface area contributed by atoms with Crippen LogP contribution in [-0.2, 0) is 4.79 Å². The van der Waals surface area contributed by atoms with E-state index in [1.54, 1.807) is 12.1 Å². The second-order valence-electron chi connectivity index (χ2n) is 2.57. The van der Waals surface area contributed by atoms with Crippen molar-refractivity contribution in [3.63, 3.8) is 0 Å². The van der Waals surface area contributed by atoms with Crippen LogP contribution in [0.3, 0.4) is 0 Å². The van der Waals surface area contributed by atoms with Gasteiger partial charge in [0.2, 0.25) is 0 Å². The maximum atomic E-state index is 11.1. The molecule has 0 atom stereocenters. The number of carbonyl (C=O) groups is 2. The molecule has 0 saturated heterocycles. The highest BCUT2D eigenvalue weighted by Gasteiger charge is 2.33. The van der Waals surface area contributed by atoms with Gasteiger partial charge in [0.05, 0.1) is 5.56 Å². The Balaban J connectivity index is 2.63. The van der Waals surface area contributed by atoms with Gasteiger partial charge in [-0.05, 0) is 12.1 Å². The summed E-state index contributed by atoms with van der Waals surface area (Å²) in [4.78, 5) is 22.0. The predicted molar refractivity (Wildman–Crippen MR) is 42.4 cm³/mol. The van der Waals surface area contributed by atoms with Crippen LogP contribution in [0, 0.1) is 0 Å². The van der Waals surface area contributed by atoms with Crippen LogP contribution in [0.2, 0.25) is 5.02 Å². The zero-order chi connectivity index (χ0) is 8.72. The minimum atomic E-state index is -0.465. The van der Waals surface area contributed by atoms with Crippen LogP contribution in [0.5, 0.6) is 0 Å². The van der Waals surface area contributed by atoms with Crippen LogP contribution >= 0.6 is 11.6 Å². The molecule has 60 valence electrons. The number of hydrogen-bond donors (Lipinski definition) is 1. The second-order valence-corrected chi connectivity index (χ2v) is 3.01. The minimum Gasteiger partial charge on any atom is -0.278 e. The van der Waals surface area contributed by atoms with Gasteiger partial charge in [-0.25, -0.2) is 10.1 Å². The summed E-state index contributed by atoms with van der Waals surface area (Å²) in [7, 11) is 0. The maximum Gasteiger partial charge on any atom is 0.388 e. The Morgan fingerprint density at radius 2 is 2.00 bits per heavy atom. The van der Waals surface area contributed by atoms with E-state index in [0.29, 0.717) is 16.3 Å². The van der Waals surface area contributed by atoms with Crippen molar-refractivity contribution in [2.24, 2.45) is 0 Å². The molecule has 0 fully saturated rings. The molecule has 0 aliphatic carbocycles. The van der Waals surface area contributed by atoms with Crippen molar-refractivity contribution >= 4 is 29.0 Å². The average Bonchev–Trinajstić information content (AvgIpc) is 2.31. The molecule has 0 unspecified atom stereocenters. The number of primary amides is 1. The average molecular weight is 183 g/mol. The number of rotatable bonds is 0. The van der Waals surface area contributed by atoms with Gasteiger partial charge in [-0.2, -0.15) is 0 Å². The monoisotopic (exact) mass is 182 g/mol. The highest BCUT2D eigenvalue weighted by Crippen LogP contribution is 2.19. The fraction of sp³-hybridized carbons (Fsp3) is 0. The molecule has 0 spiro atoms. The first-order chi connectivity index (χ1) is 5.68. The molecular weight excluding hydrogens is 178 g/mol. The summed E-state index contributed by atoms with van der Waals surface area (Å²) in [5.41, 5.74) is 1.07. The van der Waals surface area contributed by atoms with Crippen LogP contribution in [0.25, 0.3) is 0 Å². The third-order valence-corrected chi connectivity index (χ3v) is 2.01. The zero-order valence-electron chi connectivity index (χ0n) is 6.00. The van der Waals surface area contributed by atoms with Crippen molar-refractivity contribution in [1.29, 1.82) is 0 Å². The topological polar surface area (TPSA) is 50.8 Å². The van der Waals surface area contributed by atoms with Crippen LogP contribution in [0.1, 0.15) is 10.4 Å². The number of ketones is 1. The van der Waals surface area contributed by atoms with Gasteiger partial charge in [-0.15, -0.1) is 0 Å². The molecule has 0 aromatic heterocycles. The summed E-state index contributed by atoms with van der Waals surface area (Å²) in [5, 5.41) is 1.80. The summed E-state index contributed by atoms with van der Waals surface area (Å²) in [6, 6.07) is 4.84. The van der Waals surface area contributed by atoms with Crippen LogP contribution in [0.15, 0.2) is 18.2 Å². The maximum absolute atomic E-state index is 11.1. The van der Waals surface area contributed by atoms with Crippen molar-refractivity contribution in [2.75, 3.05) is 0 Å². The van der Waals surface area contributed by atoms with Crippen LogP contribution < -0.4 is 5.32 Å². The van der Waals surface area contributed by atoms with E-state index >= 15 is 0 Å². The van der Waals surface area contributed by atoms with E-state index < -0.39 is 11.7 Å². The molecule has 1 aromatic carbocycles. The van der Waals surface area contributed by atoms with Crippen molar-refractivity contribution in [3.8, 4) is 0 Å². The molecular formula is C8H5ClNO2+. The number of carbonyl (C=O) groups excluding carboxylic acids is 2. The Labute approximate surface area is 73.3 Å². The van der Waals surface area contributed by atoms with Crippen molar-refractivity contribution in [3.05, 3.63) is 28.8 Å². The van der Waals surface area contributed by atoms with Gasteiger partial charge in [-0.1, -0.05) is 11.6 Å². The number of halogens is 1. The molecule has 1 aliphatic heterocycles. The third-order valence-electron chi connectivity index (χ3n) is 1.77. The molecule has 0 saturated carbocycles. The van der Waals surface area contributed by atoms with Gasteiger partial charge >= 0.3 is 5.91 Å². The lowest BCUT2D eigenvalue weighted by molar-refractivity contribution is -0.472. The SMILES string of the molecule is O=C1[NH2+]c2ccc(Cl)cc2C1=O. The molecule has 2 rings (SSSR count). The molecule has 0 bridgehead atoms. The van der Waals surface area contributed by atoms with E-state index in [0.717, 1.165) is 0 Å². The van der Waals surface area contributed by atoms with E-state index in [1.165, 1.54) is 11.4 Å². The molecule has 2 N–H and O–H groups in total. The predicted octanol–water partition coefficient (Wildman–Crippen LogP) is 0.258. The molecule has 4 heteroatoms. The first-order valence-corrected chi connectivity index (χ1v) is 3.79. The molecule has 1 heterocycles. The number of amides is 1. The lowest BCUT2D eigenvalue weighted by Crippen LogP contribution is -2.80. The van der Waals surface area contributed by atoms with Crippen molar-refractivity contribution < 1.29 is 14.9 Å². The third kappa shape index (κ3) is 0.948. The molecule has 3 nitrogen and oxygen atoms in total. The van der Waals surface area contributed by atoms with E-state index in [9.17, 15) is 9.59 Å². The molecule has 1 amide bonds. The Kier molecular flexibility index (Phi) is 1.49. The fourth-order valence-electron chi connectivity index (χ4n) is 1.19. The quantitative estimate of drug-likeness (QED) is 0.462. The Hall–Kier alpha value is -1.19. The summed E-state index contributed by atoms with van der Waals surface area (Å²) in [6.45, 7) is 0. The number of hydrogen-bond acceptors (Lipinski definition) is 2.